The SMILES string of the molecule is S/C(=C(/S)c1cccs1)c1ccccc1. The summed E-state index contributed by atoms with van der Waals surface area (Å²) in [5.74, 6) is 0. The van der Waals surface area contributed by atoms with Crippen LogP contribution in [0.5, 0.6) is 0 Å². The van der Waals surface area contributed by atoms with E-state index in [1.54, 1.807) is 11.3 Å². The Kier molecular flexibility index (Phi) is 3.57. The van der Waals surface area contributed by atoms with Crippen LogP contribution in [0.2, 0.25) is 0 Å². The van der Waals surface area contributed by atoms with E-state index in [0.29, 0.717) is 0 Å². The van der Waals surface area contributed by atoms with Crippen LogP contribution in [0.3, 0.4) is 0 Å². The Balaban J connectivity index is 2.42. The van der Waals surface area contributed by atoms with Gasteiger partial charge in [0.1, 0.15) is 0 Å². The summed E-state index contributed by atoms with van der Waals surface area (Å²) in [5.41, 5.74) is 1.10. The highest BCUT2D eigenvalue weighted by atomic mass is 32.1. The van der Waals surface area contributed by atoms with Crippen molar-refractivity contribution in [2.75, 3.05) is 0 Å². The van der Waals surface area contributed by atoms with Gasteiger partial charge >= 0.3 is 0 Å². The topological polar surface area (TPSA) is 0 Å². The van der Waals surface area contributed by atoms with Crippen LogP contribution in [-0.2, 0) is 0 Å². The maximum atomic E-state index is 4.51. The lowest BCUT2D eigenvalue weighted by Crippen LogP contribution is -1.78. The van der Waals surface area contributed by atoms with Gasteiger partial charge in [0.2, 0.25) is 0 Å². The molecule has 76 valence electrons. The van der Waals surface area contributed by atoms with Crippen LogP contribution in [0, 0.1) is 0 Å². The number of hydrogen-bond acceptors (Lipinski definition) is 3. The van der Waals surface area contributed by atoms with Crippen molar-refractivity contribution in [1.29, 1.82) is 0 Å². The molecule has 1 aromatic heterocycles. The lowest BCUT2D eigenvalue weighted by molar-refractivity contribution is 1.66. The van der Waals surface area contributed by atoms with E-state index in [9.17, 15) is 0 Å². The van der Waals surface area contributed by atoms with Gasteiger partial charge in [0.05, 0.1) is 0 Å². The Morgan fingerprint density at radius 1 is 0.867 bits per heavy atom. The Morgan fingerprint density at radius 2 is 1.60 bits per heavy atom. The molecule has 2 rings (SSSR count). The molecule has 0 N–H and O–H groups in total. The summed E-state index contributed by atoms with van der Waals surface area (Å²) in [4.78, 5) is 2.99. The Bertz CT molecular complexity index is 455. The quantitative estimate of drug-likeness (QED) is 0.724. The second-order valence-corrected chi connectivity index (χ2v) is 4.88. The van der Waals surface area contributed by atoms with E-state index in [-0.39, 0.29) is 0 Å². The molecule has 2 aromatic rings. The largest absolute Gasteiger partial charge is 0.143 e. The van der Waals surface area contributed by atoms with E-state index >= 15 is 0 Å². The zero-order chi connectivity index (χ0) is 10.7. The number of thiophene rings is 1. The maximum Gasteiger partial charge on any atom is 0.0415 e. The molecule has 0 radical (unpaired) electrons. The minimum absolute atomic E-state index is 0.918. The second kappa shape index (κ2) is 4.92. The fourth-order valence-electron chi connectivity index (χ4n) is 1.26. The average molecular weight is 250 g/mol. The van der Waals surface area contributed by atoms with Crippen molar-refractivity contribution < 1.29 is 0 Å². The molecule has 0 saturated carbocycles. The molecular formula is C12H10S3. The van der Waals surface area contributed by atoms with Crippen LogP contribution >= 0.6 is 36.6 Å². The molecule has 0 aliphatic heterocycles. The van der Waals surface area contributed by atoms with Crippen molar-refractivity contribution in [2.45, 2.75) is 0 Å². The molecule has 0 unspecified atom stereocenters. The first kappa shape index (κ1) is 10.9. The van der Waals surface area contributed by atoms with E-state index < -0.39 is 0 Å². The summed E-state index contributed by atoms with van der Waals surface area (Å²) in [6.45, 7) is 0. The molecule has 0 aliphatic rings. The van der Waals surface area contributed by atoms with E-state index in [4.69, 9.17) is 0 Å². The predicted octanol–water partition coefficient (Wildman–Crippen LogP) is 4.43. The molecule has 15 heavy (non-hydrogen) atoms. The highest BCUT2D eigenvalue weighted by molar-refractivity contribution is 7.96. The lowest BCUT2D eigenvalue weighted by Gasteiger charge is -2.04. The van der Waals surface area contributed by atoms with E-state index in [1.807, 2.05) is 47.8 Å². The van der Waals surface area contributed by atoms with Crippen LogP contribution < -0.4 is 0 Å². The van der Waals surface area contributed by atoms with Crippen molar-refractivity contribution in [1.82, 2.24) is 0 Å². The van der Waals surface area contributed by atoms with Gasteiger partial charge in [-0.25, -0.2) is 0 Å². The first-order valence-corrected chi connectivity index (χ1v) is 6.28. The molecule has 0 nitrogen and oxygen atoms in total. The van der Waals surface area contributed by atoms with Crippen LogP contribution in [0.1, 0.15) is 10.4 Å². The van der Waals surface area contributed by atoms with Gasteiger partial charge in [-0.1, -0.05) is 36.4 Å². The van der Waals surface area contributed by atoms with Gasteiger partial charge in [-0.15, -0.1) is 36.6 Å². The molecule has 1 aromatic carbocycles. The Hall–Kier alpha value is -0.640. The zero-order valence-corrected chi connectivity index (χ0v) is 10.5. The fourth-order valence-corrected chi connectivity index (χ4v) is 2.64. The number of thiol groups is 2. The molecule has 0 amide bonds. The molecule has 0 spiro atoms. The molecule has 1 heterocycles. The molecule has 0 fully saturated rings. The standard InChI is InChI=1S/C12H10S3/c13-11(9-5-2-1-3-6-9)12(14)10-7-4-8-15-10/h1-8,13-14H/b12-11+. The number of rotatable bonds is 2. The molecule has 0 bridgehead atoms. The highest BCUT2D eigenvalue weighted by Crippen LogP contribution is 2.33. The molecule has 3 heteroatoms. The van der Waals surface area contributed by atoms with Crippen molar-refractivity contribution >= 4 is 46.4 Å². The molecule has 0 atom stereocenters. The summed E-state index contributed by atoms with van der Waals surface area (Å²) in [7, 11) is 0. The minimum atomic E-state index is 0.918. The van der Waals surface area contributed by atoms with Crippen molar-refractivity contribution in [3.63, 3.8) is 0 Å². The molecule has 0 aliphatic carbocycles. The smallest absolute Gasteiger partial charge is 0.0415 e. The van der Waals surface area contributed by atoms with Crippen molar-refractivity contribution in [3.05, 3.63) is 58.3 Å². The van der Waals surface area contributed by atoms with Gasteiger partial charge in [-0.3, -0.25) is 0 Å². The second-order valence-electron chi connectivity index (χ2n) is 3.04. The summed E-state index contributed by atoms with van der Waals surface area (Å²) >= 11 is 10.7. The van der Waals surface area contributed by atoms with Gasteiger partial charge in [0.15, 0.2) is 0 Å². The van der Waals surface area contributed by atoms with E-state index in [1.165, 1.54) is 0 Å². The summed E-state index contributed by atoms with van der Waals surface area (Å²) in [6, 6.07) is 14.1. The van der Waals surface area contributed by atoms with Gasteiger partial charge in [-0.2, -0.15) is 0 Å². The van der Waals surface area contributed by atoms with Crippen LogP contribution in [0.15, 0.2) is 47.8 Å². The first-order chi connectivity index (χ1) is 7.29. The van der Waals surface area contributed by atoms with Gasteiger partial charge in [0.25, 0.3) is 0 Å². The van der Waals surface area contributed by atoms with E-state index in [2.05, 4.69) is 25.3 Å². The summed E-state index contributed by atoms with van der Waals surface area (Å²) in [6.07, 6.45) is 0. The predicted molar refractivity (Wildman–Crippen MR) is 75.5 cm³/mol. The normalized spacial score (nSPS) is 12.4. The zero-order valence-electron chi connectivity index (χ0n) is 7.92. The third kappa shape index (κ3) is 2.48. The molecule has 0 saturated heterocycles. The Labute approximate surface area is 104 Å². The average Bonchev–Trinajstić information content (AvgIpc) is 2.82. The fraction of sp³-hybridized carbons (Fsp3) is 0. The molecular weight excluding hydrogens is 240 g/mol. The lowest BCUT2D eigenvalue weighted by atomic mass is 10.2. The summed E-state index contributed by atoms with van der Waals surface area (Å²) < 4.78 is 0. The Morgan fingerprint density at radius 3 is 2.20 bits per heavy atom. The van der Waals surface area contributed by atoms with Gasteiger partial charge in [0, 0.05) is 14.7 Å². The van der Waals surface area contributed by atoms with E-state index in [0.717, 1.165) is 20.3 Å². The first-order valence-electron chi connectivity index (χ1n) is 4.50. The third-order valence-electron chi connectivity index (χ3n) is 2.03. The highest BCUT2D eigenvalue weighted by Gasteiger charge is 2.04. The number of benzene rings is 1. The summed E-state index contributed by atoms with van der Waals surface area (Å²) in [5, 5.41) is 2.04. The monoisotopic (exact) mass is 250 g/mol. The maximum absolute atomic E-state index is 4.51. The van der Waals surface area contributed by atoms with Crippen molar-refractivity contribution in [3.8, 4) is 0 Å². The minimum Gasteiger partial charge on any atom is -0.143 e. The number of hydrogen-bond donors (Lipinski definition) is 2. The van der Waals surface area contributed by atoms with Crippen LogP contribution in [0.25, 0.3) is 9.81 Å². The third-order valence-corrected chi connectivity index (χ3v) is 4.19. The van der Waals surface area contributed by atoms with Gasteiger partial charge < -0.3 is 0 Å². The van der Waals surface area contributed by atoms with Crippen LogP contribution in [0.4, 0.5) is 0 Å². The van der Waals surface area contributed by atoms with Crippen molar-refractivity contribution in [2.24, 2.45) is 0 Å². The van der Waals surface area contributed by atoms with Gasteiger partial charge in [-0.05, 0) is 17.0 Å². The van der Waals surface area contributed by atoms with Crippen LogP contribution in [-0.4, -0.2) is 0 Å².